The minimum Gasteiger partial charge on any atom is -0.488 e. The minimum atomic E-state index is -3.86. The van der Waals surface area contributed by atoms with E-state index < -0.39 is 73.3 Å². The Labute approximate surface area is 281 Å². The lowest BCUT2D eigenvalue weighted by Crippen LogP contribution is -2.58. The zero-order valence-corrected chi connectivity index (χ0v) is 29.0. The predicted molar refractivity (Wildman–Crippen MR) is 174 cm³/mol. The molecule has 4 rings (SSSR count). The van der Waals surface area contributed by atoms with E-state index in [9.17, 15) is 37.7 Å². The van der Waals surface area contributed by atoms with Gasteiger partial charge in [-0.2, -0.15) is 0 Å². The van der Waals surface area contributed by atoms with Crippen LogP contribution in [0, 0.1) is 16.0 Å². The number of carbonyl (C=O) groups is 4. The highest BCUT2D eigenvalue weighted by Gasteiger charge is 2.61. The number of carbonyl (C=O) groups excluding carboxylic acids is 4. The second-order valence-electron chi connectivity index (χ2n) is 14.0. The van der Waals surface area contributed by atoms with Gasteiger partial charge in [0.05, 0.1) is 16.7 Å². The van der Waals surface area contributed by atoms with Crippen molar-refractivity contribution in [2.75, 3.05) is 6.54 Å². The summed E-state index contributed by atoms with van der Waals surface area (Å²) in [4.78, 5) is 66.0. The van der Waals surface area contributed by atoms with Crippen LogP contribution < -0.4 is 20.1 Å². The van der Waals surface area contributed by atoms with Crippen LogP contribution in [0.15, 0.2) is 24.3 Å². The number of hydrogen-bond donors (Lipinski definition) is 3. The third kappa shape index (κ3) is 9.35. The van der Waals surface area contributed by atoms with Gasteiger partial charge in [0.15, 0.2) is 0 Å². The molecule has 0 radical (unpaired) electrons. The van der Waals surface area contributed by atoms with Gasteiger partial charge in [0.2, 0.25) is 21.8 Å². The Bertz CT molecular complexity index is 1490. The molecule has 0 spiro atoms. The number of likely N-dealkylation sites (tertiary alicyclic amines) is 1. The first kappa shape index (κ1) is 36.9. The van der Waals surface area contributed by atoms with Gasteiger partial charge in [0.1, 0.15) is 35.1 Å². The summed E-state index contributed by atoms with van der Waals surface area (Å²) in [6.45, 7) is 8.82. The lowest BCUT2D eigenvalue weighted by molar-refractivity contribution is -0.384. The van der Waals surface area contributed by atoms with Crippen molar-refractivity contribution in [1.82, 2.24) is 20.3 Å². The van der Waals surface area contributed by atoms with Crippen molar-refractivity contribution in [2.24, 2.45) is 5.92 Å². The van der Waals surface area contributed by atoms with Crippen LogP contribution in [-0.2, 0) is 29.1 Å². The maximum atomic E-state index is 14.2. The van der Waals surface area contributed by atoms with Gasteiger partial charge in [-0.25, -0.2) is 13.2 Å². The Morgan fingerprint density at radius 1 is 1.10 bits per heavy atom. The zero-order valence-electron chi connectivity index (χ0n) is 28.2. The summed E-state index contributed by atoms with van der Waals surface area (Å²) < 4.78 is 38.7. The number of hydrogen-bond acceptors (Lipinski definition) is 10. The Morgan fingerprint density at radius 3 is 2.29 bits per heavy atom. The molecule has 4 amide bonds. The summed E-state index contributed by atoms with van der Waals surface area (Å²) in [6, 6.07) is 3.25. The second-order valence-corrected chi connectivity index (χ2v) is 16.0. The molecule has 1 heterocycles. The van der Waals surface area contributed by atoms with Gasteiger partial charge in [0.25, 0.3) is 11.6 Å². The maximum absolute atomic E-state index is 14.2. The number of alkyl carbamates (subject to hydrolysis) is 1. The SMILES string of the molecule is CCCCCC[C@H](NC(=O)OC(C)(C)C)C(=O)N1C[C@H](Oc2ccc([N+](=O)[O-])cc2)C[C@H]1C(=O)N[C@]1(C(=O)NS(=O)(=O)C2CC2)C[C@H]1C. The van der Waals surface area contributed by atoms with E-state index in [1.807, 2.05) is 0 Å². The van der Waals surface area contributed by atoms with Crippen LogP contribution in [-0.4, -0.2) is 83.2 Å². The molecule has 0 bridgehead atoms. The van der Waals surface area contributed by atoms with Crippen molar-refractivity contribution in [1.29, 1.82) is 0 Å². The summed E-state index contributed by atoms with van der Waals surface area (Å²) in [5.74, 6) is -2.08. The Morgan fingerprint density at radius 2 is 1.75 bits per heavy atom. The number of non-ortho nitro benzene ring substituents is 1. The number of unbranched alkanes of at least 4 members (excludes halogenated alkanes) is 3. The van der Waals surface area contributed by atoms with E-state index in [1.165, 1.54) is 29.2 Å². The van der Waals surface area contributed by atoms with Crippen molar-refractivity contribution in [2.45, 2.75) is 127 Å². The molecule has 16 heteroatoms. The van der Waals surface area contributed by atoms with Crippen LogP contribution in [0.2, 0.25) is 0 Å². The molecule has 5 atom stereocenters. The van der Waals surface area contributed by atoms with E-state index in [0.717, 1.165) is 19.3 Å². The van der Waals surface area contributed by atoms with E-state index in [1.54, 1.807) is 27.7 Å². The van der Waals surface area contributed by atoms with Crippen LogP contribution in [0.1, 0.15) is 92.4 Å². The molecule has 1 aliphatic heterocycles. The molecule has 2 saturated carbocycles. The van der Waals surface area contributed by atoms with Crippen molar-refractivity contribution in [3.8, 4) is 5.75 Å². The number of nitro benzene ring substituents is 1. The molecule has 0 aromatic heterocycles. The average molecular weight is 694 g/mol. The van der Waals surface area contributed by atoms with E-state index in [2.05, 4.69) is 22.3 Å². The topological polar surface area (TPSA) is 203 Å². The standard InChI is InChI=1S/C32H47N5O10S/c1-6-7-8-9-10-25(33-30(41)47-31(3,4)5)28(39)36-19-23(46-22-13-11-21(12-14-22)37(42)43)17-26(36)27(38)34-32(18-20(32)2)29(40)35-48(44,45)24-15-16-24/h11-14,20,23-26H,6-10,15-19H2,1-5H3,(H,33,41)(H,34,38)(H,35,40)/t20-,23-,25+,26+,32-/m1/s1. The van der Waals surface area contributed by atoms with Gasteiger partial charge < -0.3 is 25.0 Å². The summed E-state index contributed by atoms with van der Waals surface area (Å²) in [6.07, 6.45) is 3.29. The van der Waals surface area contributed by atoms with Crippen LogP contribution in [0.3, 0.4) is 0 Å². The molecule has 0 unspecified atom stereocenters. The summed E-state index contributed by atoms with van der Waals surface area (Å²) in [5, 5.41) is 15.9. The third-order valence-electron chi connectivity index (χ3n) is 8.79. The Balaban J connectivity index is 1.57. The van der Waals surface area contributed by atoms with Gasteiger partial charge >= 0.3 is 6.09 Å². The summed E-state index contributed by atoms with van der Waals surface area (Å²) in [7, 11) is -3.86. The molecular formula is C32H47N5O10S. The largest absolute Gasteiger partial charge is 0.488 e. The van der Waals surface area contributed by atoms with Gasteiger partial charge in [-0.05, 0) is 64.5 Å². The lowest BCUT2D eigenvalue weighted by Gasteiger charge is -2.30. The first-order valence-electron chi connectivity index (χ1n) is 16.5. The highest BCUT2D eigenvalue weighted by Crippen LogP contribution is 2.44. The van der Waals surface area contributed by atoms with Crippen molar-refractivity contribution in [3.63, 3.8) is 0 Å². The highest BCUT2D eigenvalue weighted by atomic mass is 32.2. The summed E-state index contributed by atoms with van der Waals surface area (Å²) in [5.41, 5.74) is -2.41. The fourth-order valence-electron chi connectivity index (χ4n) is 5.85. The molecule has 48 heavy (non-hydrogen) atoms. The van der Waals surface area contributed by atoms with Crippen molar-refractivity contribution >= 4 is 39.5 Å². The number of sulfonamides is 1. The van der Waals surface area contributed by atoms with Gasteiger partial charge in [0, 0.05) is 18.6 Å². The fraction of sp³-hybridized carbons (Fsp3) is 0.688. The van der Waals surface area contributed by atoms with Gasteiger partial charge in [-0.1, -0.05) is 39.5 Å². The number of amides is 4. The molecule has 1 saturated heterocycles. The van der Waals surface area contributed by atoms with E-state index in [0.29, 0.717) is 31.4 Å². The van der Waals surface area contributed by atoms with Gasteiger partial charge in [-0.15, -0.1) is 0 Å². The normalized spacial score (nSPS) is 24.3. The molecule has 266 valence electrons. The van der Waals surface area contributed by atoms with Crippen LogP contribution in [0.5, 0.6) is 5.75 Å². The smallest absolute Gasteiger partial charge is 0.408 e. The van der Waals surface area contributed by atoms with Crippen molar-refractivity contribution < 1.29 is 42.0 Å². The predicted octanol–water partition coefficient (Wildman–Crippen LogP) is 3.31. The summed E-state index contributed by atoms with van der Waals surface area (Å²) >= 11 is 0. The number of nitro groups is 1. The molecule has 1 aromatic rings. The molecular weight excluding hydrogens is 646 g/mol. The van der Waals surface area contributed by atoms with E-state index in [4.69, 9.17) is 9.47 Å². The minimum absolute atomic E-state index is 0.00993. The van der Waals surface area contributed by atoms with E-state index in [-0.39, 0.29) is 31.0 Å². The number of ether oxygens (including phenoxy) is 2. The molecule has 3 N–H and O–H groups in total. The van der Waals surface area contributed by atoms with Crippen LogP contribution >= 0.6 is 0 Å². The van der Waals surface area contributed by atoms with Crippen molar-refractivity contribution in [3.05, 3.63) is 34.4 Å². The fourth-order valence-corrected chi connectivity index (χ4v) is 7.22. The Kier molecular flexibility index (Phi) is 11.3. The third-order valence-corrected chi connectivity index (χ3v) is 10.6. The molecule has 3 fully saturated rings. The monoisotopic (exact) mass is 693 g/mol. The molecule has 2 aliphatic carbocycles. The number of rotatable bonds is 15. The Hall–Kier alpha value is -3.95. The average Bonchev–Trinajstić information content (AvgIpc) is 3.91. The second kappa shape index (κ2) is 14.7. The quantitative estimate of drug-likeness (QED) is 0.139. The molecule has 1 aromatic carbocycles. The highest BCUT2D eigenvalue weighted by molar-refractivity contribution is 7.91. The number of nitrogens with zero attached hydrogens (tertiary/aromatic N) is 2. The lowest BCUT2D eigenvalue weighted by atomic mass is 10.1. The first-order chi connectivity index (χ1) is 22.5. The first-order valence-corrected chi connectivity index (χ1v) is 18.1. The number of nitrogens with one attached hydrogen (secondary N) is 3. The van der Waals surface area contributed by atoms with Crippen LogP contribution in [0.4, 0.5) is 10.5 Å². The zero-order chi connectivity index (χ0) is 35.4. The molecule has 15 nitrogen and oxygen atoms in total. The van der Waals surface area contributed by atoms with Gasteiger partial charge in [-0.3, -0.25) is 29.2 Å². The van der Waals surface area contributed by atoms with E-state index >= 15 is 0 Å². The van der Waals surface area contributed by atoms with Crippen LogP contribution in [0.25, 0.3) is 0 Å². The maximum Gasteiger partial charge on any atom is 0.408 e. The number of benzene rings is 1. The molecule has 3 aliphatic rings.